The predicted octanol–water partition coefficient (Wildman–Crippen LogP) is 2.53. The summed E-state index contributed by atoms with van der Waals surface area (Å²) in [6, 6.07) is 0.659. The highest BCUT2D eigenvalue weighted by molar-refractivity contribution is 7.99. The van der Waals surface area contributed by atoms with E-state index in [1.807, 2.05) is 0 Å². The number of nitrogens with one attached hydrogen (secondary N) is 1. The molecular weight excluding hydrogens is 218 g/mol. The molecule has 0 aromatic carbocycles. The molecular formula is C13H25NOS. The van der Waals surface area contributed by atoms with Crippen molar-refractivity contribution in [3.63, 3.8) is 0 Å². The molecule has 0 aromatic heterocycles. The van der Waals surface area contributed by atoms with E-state index in [1.54, 1.807) is 0 Å². The molecule has 2 aliphatic rings. The van der Waals surface area contributed by atoms with E-state index in [4.69, 9.17) is 4.74 Å². The second-order valence-corrected chi connectivity index (χ2v) is 6.75. The van der Waals surface area contributed by atoms with Crippen molar-refractivity contribution in [2.75, 3.05) is 25.2 Å². The Kier molecular flexibility index (Phi) is 4.20. The fourth-order valence-corrected chi connectivity index (χ4v) is 4.73. The van der Waals surface area contributed by atoms with Gasteiger partial charge in [0.2, 0.25) is 0 Å². The van der Waals surface area contributed by atoms with E-state index < -0.39 is 0 Å². The first-order valence-corrected chi connectivity index (χ1v) is 7.71. The molecule has 2 aliphatic heterocycles. The number of thioether (sulfide) groups is 1. The summed E-state index contributed by atoms with van der Waals surface area (Å²) in [5.41, 5.74) is 0.234. The van der Waals surface area contributed by atoms with Crippen LogP contribution in [0.25, 0.3) is 0 Å². The van der Waals surface area contributed by atoms with Crippen LogP contribution >= 0.6 is 11.8 Å². The van der Waals surface area contributed by atoms with Crippen molar-refractivity contribution in [1.82, 2.24) is 5.32 Å². The van der Waals surface area contributed by atoms with E-state index in [0.717, 1.165) is 18.4 Å². The quantitative estimate of drug-likeness (QED) is 0.823. The summed E-state index contributed by atoms with van der Waals surface area (Å²) in [5.74, 6) is 4.04. The van der Waals surface area contributed by atoms with Crippen molar-refractivity contribution in [1.29, 1.82) is 0 Å². The zero-order chi connectivity index (χ0) is 11.6. The van der Waals surface area contributed by atoms with E-state index in [-0.39, 0.29) is 5.60 Å². The molecule has 0 bridgehead atoms. The maximum Gasteiger partial charge on any atom is 0.0783 e. The zero-order valence-electron chi connectivity index (χ0n) is 10.8. The Morgan fingerprint density at radius 3 is 2.81 bits per heavy atom. The Morgan fingerprint density at radius 2 is 2.25 bits per heavy atom. The van der Waals surface area contributed by atoms with Gasteiger partial charge in [-0.05, 0) is 43.9 Å². The van der Waals surface area contributed by atoms with E-state index in [9.17, 15) is 0 Å². The van der Waals surface area contributed by atoms with Crippen molar-refractivity contribution >= 4 is 11.8 Å². The third kappa shape index (κ3) is 2.57. The second-order valence-electron chi connectivity index (χ2n) is 5.65. The molecule has 0 aliphatic carbocycles. The lowest BCUT2D eigenvalue weighted by Gasteiger charge is -2.42. The first-order valence-electron chi connectivity index (χ1n) is 6.56. The van der Waals surface area contributed by atoms with Gasteiger partial charge in [-0.2, -0.15) is 11.8 Å². The molecule has 3 atom stereocenters. The zero-order valence-corrected chi connectivity index (χ0v) is 11.6. The minimum absolute atomic E-state index is 0.234. The molecule has 3 heteroatoms. The van der Waals surface area contributed by atoms with Gasteiger partial charge < -0.3 is 10.1 Å². The van der Waals surface area contributed by atoms with Gasteiger partial charge in [0, 0.05) is 18.4 Å². The van der Waals surface area contributed by atoms with Gasteiger partial charge in [-0.25, -0.2) is 0 Å². The van der Waals surface area contributed by atoms with Crippen LogP contribution in [0, 0.1) is 11.8 Å². The van der Waals surface area contributed by atoms with Crippen molar-refractivity contribution < 1.29 is 4.74 Å². The lowest BCUT2D eigenvalue weighted by atomic mass is 9.78. The Labute approximate surface area is 104 Å². The monoisotopic (exact) mass is 243 g/mol. The molecule has 0 radical (unpaired) electrons. The van der Waals surface area contributed by atoms with Crippen LogP contribution in [-0.2, 0) is 4.74 Å². The fraction of sp³-hybridized carbons (Fsp3) is 1.00. The van der Waals surface area contributed by atoms with Crippen molar-refractivity contribution in [2.45, 2.75) is 44.8 Å². The third-order valence-electron chi connectivity index (χ3n) is 4.16. The van der Waals surface area contributed by atoms with Crippen LogP contribution in [0.2, 0.25) is 0 Å². The molecule has 94 valence electrons. The minimum atomic E-state index is 0.234. The standard InChI is InChI=1S/C13H25NOS/c1-10(2)12(14-3)11-4-6-15-13(8-11)5-7-16-9-13/h10-12,14H,4-9H2,1-3H3. The molecule has 1 spiro atoms. The van der Waals surface area contributed by atoms with Crippen molar-refractivity contribution in [3.05, 3.63) is 0 Å². The molecule has 2 saturated heterocycles. The lowest BCUT2D eigenvalue weighted by Crippen LogP contribution is -2.48. The van der Waals surface area contributed by atoms with Crippen LogP contribution in [0.1, 0.15) is 33.1 Å². The minimum Gasteiger partial charge on any atom is -0.374 e. The molecule has 0 amide bonds. The second kappa shape index (κ2) is 5.28. The van der Waals surface area contributed by atoms with E-state index >= 15 is 0 Å². The Hall–Kier alpha value is 0.270. The summed E-state index contributed by atoms with van der Waals surface area (Å²) in [6.45, 7) is 5.62. The SMILES string of the molecule is CNC(C(C)C)C1CCOC2(CCSC2)C1. The van der Waals surface area contributed by atoms with E-state index in [1.165, 1.54) is 30.8 Å². The Morgan fingerprint density at radius 1 is 1.44 bits per heavy atom. The molecule has 16 heavy (non-hydrogen) atoms. The van der Waals surface area contributed by atoms with Gasteiger partial charge in [-0.15, -0.1) is 0 Å². The Balaban J connectivity index is 2.00. The maximum atomic E-state index is 6.08. The third-order valence-corrected chi connectivity index (χ3v) is 5.38. The van der Waals surface area contributed by atoms with E-state index in [0.29, 0.717) is 6.04 Å². The van der Waals surface area contributed by atoms with Crippen LogP contribution in [0.15, 0.2) is 0 Å². The first kappa shape index (κ1) is 12.7. The van der Waals surface area contributed by atoms with Crippen molar-refractivity contribution in [3.8, 4) is 0 Å². The highest BCUT2D eigenvalue weighted by Crippen LogP contribution is 2.41. The van der Waals surface area contributed by atoms with Crippen LogP contribution in [0.4, 0.5) is 0 Å². The summed E-state index contributed by atoms with van der Waals surface area (Å²) in [5, 5.41) is 3.52. The highest BCUT2D eigenvalue weighted by atomic mass is 32.2. The van der Waals surface area contributed by atoms with Gasteiger partial charge in [0.1, 0.15) is 0 Å². The average Bonchev–Trinajstić information content (AvgIpc) is 2.67. The Bertz CT molecular complexity index is 226. The number of rotatable bonds is 3. The highest BCUT2D eigenvalue weighted by Gasteiger charge is 2.42. The van der Waals surface area contributed by atoms with Gasteiger partial charge in [0.25, 0.3) is 0 Å². The number of hydrogen-bond donors (Lipinski definition) is 1. The first-order chi connectivity index (χ1) is 7.67. The van der Waals surface area contributed by atoms with Gasteiger partial charge in [-0.3, -0.25) is 0 Å². The predicted molar refractivity (Wildman–Crippen MR) is 71.0 cm³/mol. The summed E-state index contributed by atoms with van der Waals surface area (Å²) in [4.78, 5) is 0. The van der Waals surface area contributed by atoms with Gasteiger partial charge in [0.05, 0.1) is 5.60 Å². The number of ether oxygens (including phenoxy) is 1. The van der Waals surface area contributed by atoms with E-state index in [2.05, 4.69) is 38.0 Å². The molecule has 2 nitrogen and oxygen atoms in total. The van der Waals surface area contributed by atoms with Gasteiger partial charge in [-0.1, -0.05) is 13.8 Å². The summed E-state index contributed by atoms with van der Waals surface area (Å²) in [6.07, 6.45) is 3.77. The van der Waals surface area contributed by atoms with Crippen LogP contribution < -0.4 is 5.32 Å². The van der Waals surface area contributed by atoms with Crippen LogP contribution in [0.3, 0.4) is 0 Å². The largest absolute Gasteiger partial charge is 0.374 e. The van der Waals surface area contributed by atoms with Gasteiger partial charge in [0.15, 0.2) is 0 Å². The molecule has 0 saturated carbocycles. The van der Waals surface area contributed by atoms with Crippen LogP contribution in [-0.4, -0.2) is 36.8 Å². The lowest BCUT2D eigenvalue weighted by molar-refractivity contribution is -0.0871. The summed E-state index contributed by atoms with van der Waals surface area (Å²) >= 11 is 2.06. The maximum absolute atomic E-state index is 6.08. The summed E-state index contributed by atoms with van der Waals surface area (Å²) in [7, 11) is 2.11. The van der Waals surface area contributed by atoms with Crippen LogP contribution in [0.5, 0.6) is 0 Å². The smallest absolute Gasteiger partial charge is 0.0783 e. The topological polar surface area (TPSA) is 21.3 Å². The average molecular weight is 243 g/mol. The molecule has 2 heterocycles. The van der Waals surface area contributed by atoms with Gasteiger partial charge >= 0.3 is 0 Å². The molecule has 1 N–H and O–H groups in total. The summed E-state index contributed by atoms with van der Waals surface area (Å²) < 4.78 is 6.08. The molecule has 0 aromatic rings. The van der Waals surface area contributed by atoms with Crippen molar-refractivity contribution in [2.24, 2.45) is 11.8 Å². The molecule has 3 unspecified atom stereocenters. The normalized spacial score (nSPS) is 37.1. The number of hydrogen-bond acceptors (Lipinski definition) is 3. The fourth-order valence-electron chi connectivity index (χ4n) is 3.35. The molecule has 2 rings (SSSR count). The molecule has 2 fully saturated rings.